The molecule has 0 fully saturated rings. The molecule has 0 unspecified atom stereocenters. The van der Waals surface area contributed by atoms with Crippen LogP contribution < -0.4 is 15.8 Å². The summed E-state index contributed by atoms with van der Waals surface area (Å²) in [4.78, 5) is 28.6. The van der Waals surface area contributed by atoms with Gasteiger partial charge in [0.05, 0.1) is 23.8 Å². The van der Waals surface area contributed by atoms with Crippen molar-refractivity contribution in [2.75, 3.05) is 0 Å². The monoisotopic (exact) mass is 353 g/mol. The van der Waals surface area contributed by atoms with Crippen molar-refractivity contribution in [3.8, 4) is 5.75 Å². The summed E-state index contributed by atoms with van der Waals surface area (Å²) < 4.78 is 7.42. The third kappa shape index (κ3) is 3.73. The van der Waals surface area contributed by atoms with Crippen LogP contribution in [0.15, 0.2) is 59.7 Å². The summed E-state index contributed by atoms with van der Waals surface area (Å²) in [6.45, 7) is 4.04. The molecule has 0 saturated heterocycles. The number of ether oxygens (including phenoxy) is 1. The van der Waals surface area contributed by atoms with E-state index in [0.29, 0.717) is 16.7 Å². The molecular formula is C19H19N3O4. The van der Waals surface area contributed by atoms with Crippen molar-refractivity contribution in [2.24, 2.45) is 0 Å². The maximum atomic E-state index is 12.8. The molecule has 7 nitrogen and oxygen atoms in total. The van der Waals surface area contributed by atoms with E-state index in [2.05, 4.69) is 4.98 Å². The molecule has 0 bridgehead atoms. The minimum absolute atomic E-state index is 0.177. The molecule has 0 aliphatic rings. The van der Waals surface area contributed by atoms with Gasteiger partial charge in [-0.15, -0.1) is 0 Å². The molecule has 134 valence electrons. The molecule has 3 rings (SSSR count). The van der Waals surface area contributed by atoms with Crippen LogP contribution in [0.5, 0.6) is 5.75 Å². The van der Waals surface area contributed by atoms with Crippen molar-refractivity contribution in [1.82, 2.24) is 15.0 Å². The smallest absolute Gasteiger partial charge is 0.274 e. The quantitative estimate of drug-likeness (QED) is 0.543. The molecule has 1 heterocycles. The highest BCUT2D eigenvalue weighted by molar-refractivity contribution is 5.97. The van der Waals surface area contributed by atoms with Gasteiger partial charge in [0.2, 0.25) is 0 Å². The number of fused-ring (bicyclic) bond motifs is 1. The predicted octanol–water partition coefficient (Wildman–Crippen LogP) is 2.37. The van der Waals surface area contributed by atoms with Gasteiger partial charge in [-0.3, -0.25) is 19.4 Å². The second-order valence-electron chi connectivity index (χ2n) is 6.53. The Bertz CT molecular complexity index is 997. The summed E-state index contributed by atoms with van der Waals surface area (Å²) >= 11 is 0. The molecular weight excluding hydrogens is 334 g/mol. The van der Waals surface area contributed by atoms with Gasteiger partial charge in [-0.2, -0.15) is 0 Å². The van der Waals surface area contributed by atoms with Gasteiger partial charge in [0.25, 0.3) is 11.5 Å². The van der Waals surface area contributed by atoms with Gasteiger partial charge < -0.3 is 4.74 Å². The van der Waals surface area contributed by atoms with E-state index in [-0.39, 0.29) is 17.7 Å². The molecule has 2 aromatic carbocycles. The SMILES string of the molecule is CC(C)(Cn1cnc2ccc(C(=O)NO)cc2c1=O)Oc1ccccc1. The largest absolute Gasteiger partial charge is 0.486 e. The standard InChI is InChI=1S/C19H19N3O4/c1-19(2,26-14-6-4-3-5-7-14)11-22-12-20-16-9-8-13(17(23)21-25)10-15(16)18(22)24/h3-10,12,25H,11H2,1-2H3,(H,21,23). The first-order valence-electron chi connectivity index (χ1n) is 8.07. The first-order valence-corrected chi connectivity index (χ1v) is 8.07. The minimum atomic E-state index is -0.686. The number of amides is 1. The van der Waals surface area contributed by atoms with Gasteiger partial charge >= 0.3 is 0 Å². The number of carbonyl (C=O) groups excluding carboxylic acids is 1. The average Bonchev–Trinajstić information content (AvgIpc) is 2.63. The van der Waals surface area contributed by atoms with Crippen molar-refractivity contribution < 1.29 is 14.7 Å². The number of benzene rings is 2. The Morgan fingerprint density at radius 3 is 2.65 bits per heavy atom. The number of hydrogen-bond donors (Lipinski definition) is 2. The van der Waals surface area contributed by atoms with Crippen LogP contribution in [0.3, 0.4) is 0 Å². The number of rotatable bonds is 5. The number of carbonyl (C=O) groups is 1. The molecule has 0 saturated carbocycles. The Morgan fingerprint density at radius 1 is 1.23 bits per heavy atom. The van der Waals surface area contributed by atoms with Gasteiger partial charge in [0.1, 0.15) is 11.4 Å². The summed E-state index contributed by atoms with van der Waals surface area (Å²) in [5.74, 6) is 0.0237. The fourth-order valence-electron chi connectivity index (χ4n) is 2.73. The molecule has 0 atom stereocenters. The van der Waals surface area contributed by atoms with E-state index in [4.69, 9.17) is 9.94 Å². The first kappa shape index (κ1) is 17.6. The molecule has 1 amide bonds. The summed E-state index contributed by atoms with van der Waals surface area (Å²) in [7, 11) is 0. The zero-order chi connectivity index (χ0) is 18.7. The van der Waals surface area contributed by atoms with Crippen molar-refractivity contribution in [3.05, 3.63) is 70.8 Å². The zero-order valence-electron chi connectivity index (χ0n) is 14.5. The highest BCUT2D eigenvalue weighted by Crippen LogP contribution is 2.19. The van der Waals surface area contributed by atoms with Crippen LogP contribution >= 0.6 is 0 Å². The zero-order valence-corrected chi connectivity index (χ0v) is 14.5. The maximum Gasteiger partial charge on any atom is 0.274 e. The van der Waals surface area contributed by atoms with Crippen LogP contribution in [0.25, 0.3) is 10.9 Å². The summed E-state index contributed by atoms with van der Waals surface area (Å²) in [6.07, 6.45) is 1.46. The fourth-order valence-corrected chi connectivity index (χ4v) is 2.73. The lowest BCUT2D eigenvalue weighted by Gasteiger charge is -2.27. The van der Waals surface area contributed by atoms with Crippen LogP contribution in [0, 0.1) is 0 Å². The second kappa shape index (κ2) is 6.97. The van der Waals surface area contributed by atoms with Crippen LogP contribution in [-0.2, 0) is 6.54 Å². The summed E-state index contributed by atoms with van der Waals surface area (Å²) in [5.41, 5.74) is 1.27. The molecule has 0 radical (unpaired) electrons. The molecule has 26 heavy (non-hydrogen) atoms. The maximum absolute atomic E-state index is 12.8. The Kier molecular flexibility index (Phi) is 4.73. The van der Waals surface area contributed by atoms with E-state index >= 15 is 0 Å². The van der Waals surface area contributed by atoms with E-state index in [1.54, 1.807) is 11.5 Å². The van der Waals surface area contributed by atoms with Gasteiger partial charge in [0.15, 0.2) is 0 Å². The number of para-hydroxylation sites is 1. The number of nitrogens with zero attached hydrogens (tertiary/aromatic N) is 2. The lowest BCUT2D eigenvalue weighted by Crippen LogP contribution is -2.38. The van der Waals surface area contributed by atoms with Gasteiger partial charge in [-0.25, -0.2) is 10.5 Å². The highest BCUT2D eigenvalue weighted by atomic mass is 16.5. The molecule has 7 heteroatoms. The summed E-state index contributed by atoms with van der Waals surface area (Å²) in [5, 5.41) is 9.06. The van der Waals surface area contributed by atoms with E-state index < -0.39 is 11.5 Å². The lowest BCUT2D eigenvalue weighted by molar-refractivity contribution is 0.0706. The molecule has 3 aromatic rings. The topological polar surface area (TPSA) is 93.5 Å². The normalized spacial score (nSPS) is 11.3. The molecule has 0 spiro atoms. The molecule has 0 aliphatic heterocycles. The summed E-state index contributed by atoms with van der Waals surface area (Å²) in [6, 6.07) is 13.8. The Morgan fingerprint density at radius 2 is 1.96 bits per heavy atom. The molecule has 0 aliphatic carbocycles. The van der Waals surface area contributed by atoms with Gasteiger partial charge in [-0.1, -0.05) is 18.2 Å². The Labute approximate surface area is 149 Å². The number of hydrogen-bond acceptors (Lipinski definition) is 5. The van der Waals surface area contributed by atoms with Crippen molar-refractivity contribution in [2.45, 2.75) is 26.0 Å². The first-order chi connectivity index (χ1) is 12.4. The second-order valence-corrected chi connectivity index (χ2v) is 6.53. The van der Waals surface area contributed by atoms with Crippen LogP contribution in [0.2, 0.25) is 0 Å². The molecule has 1 aromatic heterocycles. The fraction of sp³-hybridized carbons (Fsp3) is 0.211. The van der Waals surface area contributed by atoms with Crippen molar-refractivity contribution in [1.29, 1.82) is 0 Å². The van der Waals surface area contributed by atoms with E-state index in [1.807, 2.05) is 44.2 Å². The third-order valence-corrected chi connectivity index (χ3v) is 3.88. The molecule has 2 N–H and O–H groups in total. The number of hydroxylamine groups is 1. The van der Waals surface area contributed by atoms with Crippen LogP contribution in [0.1, 0.15) is 24.2 Å². The van der Waals surface area contributed by atoms with Crippen molar-refractivity contribution in [3.63, 3.8) is 0 Å². The van der Waals surface area contributed by atoms with E-state index in [1.165, 1.54) is 23.0 Å². The van der Waals surface area contributed by atoms with Crippen LogP contribution in [-0.4, -0.2) is 26.3 Å². The Hall–Kier alpha value is -3.19. The van der Waals surface area contributed by atoms with Gasteiger partial charge in [0, 0.05) is 5.56 Å². The number of nitrogens with one attached hydrogen (secondary N) is 1. The van der Waals surface area contributed by atoms with Crippen LogP contribution in [0.4, 0.5) is 0 Å². The predicted molar refractivity (Wildman–Crippen MR) is 96.4 cm³/mol. The highest BCUT2D eigenvalue weighted by Gasteiger charge is 2.22. The van der Waals surface area contributed by atoms with Gasteiger partial charge in [-0.05, 0) is 44.2 Å². The number of aromatic nitrogens is 2. The van der Waals surface area contributed by atoms with Crippen molar-refractivity contribution >= 4 is 16.8 Å². The Balaban J connectivity index is 1.93. The third-order valence-electron chi connectivity index (χ3n) is 3.88. The van der Waals surface area contributed by atoms with E-state index in [0.717, 1.165) is 0 Å². The minimum Gasteiger partial charge on any atom is -0.486 e. The van der Waals surface area contributed by atoms with E-state index in [9.17, 15) is 9.59 Å². The average molecular weight is 353 g/mol. The lowest BCUT2D eigenvalue weighted by atomic mass is 10.1.